The first-order valence-electron chi connectivity index (χ1n) is 8.91. The number of alkyl halides is 3. The first-order valence-corrected chi connectivity index (χ1v) is 9.72. The molecule has 2 aromatic carbocycles. The Bertz CT molecular complexity index is 1280. The summed E-state index contributed by atoms with van der Waals surface area (Å²) < 4.78 is 52.5. The lowest BCUT2D eigenvalue weighted by atomic mass is 10.0. The third kappa shape index (κ3) is 4.27. The summed E-state index contributed by atoms with van der Waals surface area (Å²) in [6.45, 7) is 0. The van der Waals surface area contributed by atoms with Crippen LogP contribution in [0.25, 0.3) is 21.5 Å². The van der Waals surface area contributed by atoms with Crippen molar-refractivity contribution in [1.29, 1.82) is 5.26 Å². The van der Waals surface area contributed by atoms with Gasteiger partial charge in [0, 0.05) is 11.8 Å². The molecule has 0 aliphatic carbocycles. The van der Waals surface area contributed by atoms with Gasteiger partial charge in [0.05, 0.1) is 41.1 Å². The molecule has 2 heterocycles. The van der Waals surface area contributed by atoms with E-state index in [2.05, 4.69) is 15.0 Å². The van der Waals surface area contributed by atoms with Gasteiger partial charge in [0.2, 0.25) is 0 Å². The summed E-state index contributed by atoms with van der Waals surface area (Å²) in [5, 5.41) is 9.35. The largest absolute Gasteiger partial charge is 0.497 e. The zero-order valence-corrected chi connectivity index (χ0v) is 16.8. The normalized spacial score (nSPS) is 11.3. The molecule has 4 rings (SSSR count). The van der Waals surface area contributed by atoms with Crippen molar-refractivity contribution in [3.05, 3.63) is 59.2 Å². The van der Waals surface area contributed by atoms with Crippen LogP contribution in [0.1, 0.15) is 10.6 Å². The van der Waals surface area contributed by atoms with E-state index in [1.807, 2.05) is 6.07 Å². The van der Waals surface area contributed by atoms with Gasteiger partial charge in [0.15, 0.2) is 0 Å². The van der Waals surface area contributed by atoms with Crippen molar-refractivity contribution in [2.24, 2.45) is 0 Å². The standard InChI is InChI=1S/C21H13F3N4O2S/c1-29-12-2-4-13(5-3-12)30-20-26-11-9-15(27-20)18-14(21(22,23)24)6-7-16-19(18)28-17(31-16)8-10-25/h2-7,9,11H,8H2,1H3. The number of rotatable bonds is 5. The van der Waals surface area contributed by atoms with Crippen LogP contribution in [0.5, 0.6) is 17.5 Å². The Balaban J connectivity index is 1.81. The van der Waals surface area contributed by atoms with E-state index in [-0.39, 0.29) is 29.2 Å². The smallest absolute Gasteiger partial charge is 0.417 e. The number of nitrogens with zero attached hydrogens (tertiary/aromatic N) is 4. The molecule has 0 N–H and O–H groups in total. The minimum absolute atomic E-state index is 0.00967. The van der Waals surface area contributed by atoms with Gasteiger partial charge in [0.25, 0.3) is 0 Å². The molecule has 31 heavy (non-hydrogen) atoms. The summed E-state index contributed by atoms with van der Waals surface area (Å²) in [7, 11) is 1.53. The summed E-state index contributed by atoms with van der Waals surface area (Å²) in [5.74, 6) is 1.03. The predicted molar refractivity (Wildman–Crippen MR) is 108 cm³/mol. The maximum Gasteiger partial charge on any atom is 0.417 e. The number of ether oxygens (including phenoxy) is 2. The average molecular weight is 442 g/mol. The van der Waals surface area contributed by atoms with Gasteiger partial charge in [-0.2, -0.15) is 23.4 Å². The molecular formula is C21H13F3N4O2S. The van der Waals surface area contributed by atoms with E-state index in [0.29, 0.717) is 21.2 Å². The highest BCUT2D eigenvalue weighted by molar-refractivity contribution is 7.18. The van der Waals surface area contributed by atoms with Crippen LogP contribution in [-0.4, -0.2) is 22.1 Å². The minimum atomic E-state index is -4.62. The molecule has 0 unspecified atom stereocenters. The van der Waals surface area contributed by atoms with Crippen LogP contribution in [0.15, 0.2) is 48.7 Å². The van der Waals surface area contributed by atoms with E-state index in [4.69, 9.17) is 14.7 Å². The lowest BCUT2D eigenvalue weighted by molar-refractivity contribution is -0.137. The van der Waals surface area contributed by atoms with Crippen molar-refractivity contribution < 1.29 is 22.6 Å². The molecule has 6 nitrogen and oxygen atoms in total. The molecule has 0 radical (unpaired) electrons. The number of thiazole rings is 1. The highest BCUT2D eigenvalue weighted by Crippen LogP contribution is 2.42. The number of hydrogen-bond donors (Lipinski definition) is 0. The Labute approximate surface area is 178 Å². The van der Waals surface area contributed by atoms with Crippen molar-refractivity contribution in [2.75, 3.05) is 7.11 Å². The Morgan fingerprint density at radius 3 is 2.45 bits per heavy atom. The number of hydrogen-bond acceptors (Lipinski definition) is 7. The van der Waals surface area contributed by atoms with Gasteiger partial charge in [-0.1, -0.05) is 0 Å². The van der Waals surface area contributed by atoms with Crippen LogP contribution in [0.3, 0.4) is 0 Å². The molecule has 0 atom stereocenters. The highest BCUT2D eigenvalue weighted by atomic mass is 32.1. The van der Waals surface area contributed by atoms with E-state index in [9.17, 15) is 13.2 Å². The van der Waals surface area contributed by atoms with E-state index in [0.717, 1.165) is 6.07 Å². The van der Waals surface area contributed by atoms with Gasteiger partial charge >= 0.3 is 12.2 Å². The molecule has 0 fully saturated rings. The third-order valence-corrected chi connectivity index (χ3v) is 5.32. The summed E-state index contributed by atoms with van der Waals surface area (Å²) in [6.07, 6.45) is -3.29. The third-order valence-electron chi connectivity index (χ3n) is 4.30. The maximum absolute atomic E-state index is 13.8. The fourth-order valence-electron chi connectivity index (χ4n) is 2.96. The van der Waals surface area contributed by atoms with Gasteiger partial charge in [-0.05, 0) is 42.5 Å². The van der Waals surface area contributed by atoms with E-state index >= 15 is 0 Å². The maximum atomic E-state index is 13.8. The van der Waals surface area contributed by atoms with Crippen molar-refractivity contribution in [3.8, 4) is 34.8 Å². The Morgan fingerprint density at radius 2 is 1.77 bits per heavy atom. The quantitative estimate of drug-likeness (QED) is 0.398. The number of fused-ring (bicyclic) bond motifs is 1. The first-order chi connectivity index (χ1) is 14.9. The molecule has 0 aliphatic rings. The van der Waals surface area contributed by atoms with Gasteiger partial charge in [0.1, 0.15) is 16.5 Å². The van der Waals surface area contributed by atoms with Crippen LogP contribution in [0.2, 0.25) is 0 Å². The minimum Gasteiger partial charge on any atom is -0.497 e. The van der Waals surface area contributed by atoms with Crippen LogP contribution >= 0.6 is 11.3 Å². The van der Waals surface area contributed by atoms with Crippen LogP contribution in [0, 0.1) is 11.3 Å². The van der Waals surface area contributed by atoms with E-state index < -0.39 is 11.7 Å². The second kappa shape index (κ2) is 8.20. The fourth-order valence-corrected chi connectivity index (χ4v) is 3.86. The molecule has 10 heteroatoms. The van der Waals surface area contributed by atoms with E-state index in [1.54, 1.807) is 24.3 Å². The lowest BCUT2D eigenvalue weighted by Gasteiger charge is -2.13. The van der Waals surface area contributed by atoms with Crippen molar-refractivity contribution in [1.82, 2.24) is 15.0 Å². The number of methoxy groups -OCH3 is 1. The van der Waals surface area contributed by atoms with E-state index in [1.165, 1.54) is 36.8 Å². The number of aromatic nitrogens is 3. The Hall–Kier alpha value is -3.71. The Kier molecular flexibility index (Phi) is 5.44. The van der Waals surface area contributed by atoms with Gasteiger partial charge in [-0.15, -0.1) is 11.3 Å². The zero-order valence-electron chi connectivity index (χ0n) is 16.0. The summed E-state index contributed by atoms with van der Waals surface area (Å²) in [5.41, 5.74) is -0.889. The molecule has 0 saturated carbocycles. The molecule has 0 aliphatic heterocycles. The second-order valence-corrected chi connectivity index (χ2v) is 7.39. The molecule has 156 valence electrons. The lowest BCUT2D eigenvalue weighted by Crippen LogP contribution is -2.08. The van der Waals surface area contributed by atoms with Crippen LogP contribution in [-0.2, 0) is 12.6 Å². The van der Waals surface area contributed by atoms with Gasteiger partial charge in [-0.25, -0.2) is 9.97 Å². The predicted octanol–water partition coefficient (Wildman–Crippen LogP) is 5.64. The highest BCUT2D eigenvalue weighted by Gasteiger charge is 2.35. The zero-order chi connectivity index (χ0) is 22.0. The van der Waals surface area contributed by atoms with Gasteiger partial charge in [-0.3, -0.25) is 0 Å². The molecule has 4 aromatic rings. The Morgan fingerprint density at radius 1 is 1.03 bits per heavy atom. The number of halogens is 3. The number of nitriles is 1. The summed E-state index contributed by atoms with van der Waals surface area (Å²) >= 11 is 1.17. The molecule has 0 bridgehead atoms. The molecule has 0 saturated heterocycles. The SMILES string of the molecule is COc1ccc(Oc2nccc(-c3c(C(F)(F)F)ccc4sc(CC#N)nc34)n2)cc1. The summed E-state index contributed by atoms with van der Waals surface area (Å²) in [4.78, 5) is 12.5. The van der Waals surface area contributed by atoms with Crippen LogP contribution in [0.4, 0.5) is 13.2 Å². The molecule has 0 amide bonds. The summed E-state index contributed by atoms with van der Waals surface area (Å²) in [6, 6.07) is 12.2. The molecular weight excluding hydrogens is 429 g/mol. The first kappa shape index (κ1) is 20.6. The number of benzene rings is 2. The van der Waals surface area contributed by atoms with Crippen molar-refractivity contribution in [3.63, 3.8) is 0 Å². The fraction of sp³-hybridized carbons (Fsp3) is 0.143. The van der Waals surface area contributed by atoms with Gasteiger partial charge < -0.3 is 9.47 Å². The molecule has 0 spiro atoms. The van der Waals surface area contributed by atoms with Crippen molar-refractivity contribution >= 4 is 21.6 Å². The van der Waals surface area contributed by atoms with Crippen molar-refractivity contribution in [2.45, 2.75) is 12.6 Å². The topological polar surface area (TPSA) is 80.9 Å². The second-order valence-electron chi connectivity index (χ2n) is 6.28. The average Bonchev–Trinajstić information content (AvgIpc) is 3.16. The molecule has 2 aromatic heterocycles. The monoisotopic (exact) mass is 442 g/mol. The van der Waals surface area contributed by atoms with Crippen LogP contribution < -0.4 is 9.47 Å².